The number of amides is 1. The average Bonchev–Trinajstić information content (AvgIpc) is 3.47. The Balaban J connectivity index is 3.28. The molecule has 2 unspecified atom stereocenters. The third-order valence-electron chi connectivity index (χ3n) is 18.2. The van der Waals surface area contributed by atoms with Crippen molar-refractivity contribution in [2.24, 2.45) is 0 Å². The van der Waals surface area contributed by atoms with Crippen molar-refractivity contribution in [1.29, 1.82) is 0 Å². The van der Waals surface area contributed by atoms with E-state index in [1.165, 1.54) is 372 Å². The predicted octanol–water partition coefficient (Wildman–Crippen LogP) is 24.5. The van der Waals surface area contributed by atoms with Gasteiger partial charge in [0, 0.05) is 12.8 Å². The Bertz CT molecular complexity index is 1180. The first-order valence-corrected chi connectivity index (χ1v) is 37.8. The third kappa shape index (κ3) is 67.9. The van der Waals surface area contributed by atoms with Crippen LogP contribution in [-0.2, 0) is 14.3 Å². The lowest BCUT2D eigenvalue weighted by Crippen LogP contribution is -2.45. The molecule has 484 valence electrons. The van der Waals surface area contributed by atoms with Gasteiger partial charge in [0.05, 0.1) is 25.4 Å². The van der Waals surface area contributed by atoms with Gasteiger partial charge in [-0.3, -0.25) is 9.59 Å². The molecule has 0 aromatic carbocycles. The highest BCUT2D eigenvalue weighted by molar-refractivity contribution is 5.76. The molecule has 2 atom stereocenters. The Labute approximate surface area is 508 Å². The zero-order valence-electron chi connectivity index (χ0n) is 55.6. The molecule has 1 amide bonds. The molecule has 0 saturated carbocycles. The van der Waals surface area contributed by atoms with Crippen molar-refractivity contribution in [3.8, 4) is 0 Å². The Morgan fingerprint density at radius 2 is 0.506 bits per heavy atom. The number of ether oxygens (including phenoxy) is 1. The third-order valence-corrected chi connectivity index (χ3v) is 18.2. The van der Waals surface area contributed by atoms with Gasteiger partial charge in [-0.2, -0.15) is 0 Å². The maximum atomic E-state index is 12.5. The number of carbonyl (C=O) groups is 2. The van der Waals surface area contributed by atoms with E-state index >= 15 is 0 Å². The standard InChI is InChI=1S/C75H149NO5/c1-3-5-7-9-11-13-15-17-41-44-47-51-55-59-63-67-73(78)72(71-77)76-74(79)68-64-60-56-52-48-45-42-39-37-35-33-31-29-27-25-23-21-19-18-20-22-24-26-28-30-32-34-36-38-40-43-46-50-54-58-62-66-70-81-75(80)69-65-61-57-53-49-16-14-12-10-8-6-4-2/h72-73,77-78H,3-71H2,1-2H3,(H,76,79). The average molecular weight is 1150 g/mol. The van der Waals surface area contributed by atoms with Crippen LogP contribution in [0.2, 0.25) is 0 Å². The lowest BCUT2D eigenvalue weighted by Gasteiger charge is -2.22. The van der Waals surface area contributed by atoms with Crippen molar-refractivity contribution < 1.29 is 24.5 Å². The minimum atomic E-state index is -0.659. The number of rotatable bonds is 72. The van der Waals surface area contributed by atoms with Gasteiger partial charge in [0.25, 0.3) is 0 Å². The molecule has 0 saturated heterocycles. The molecule has 0 bridgehead atoms. The maximum absolute atomic E-state index is 12.5. The quantitative estimate of drug-likeness (QED) is 0.0417. The van der Waals surface area contributed by atoms with Crippen LogP contribution in [0.1, 0.15) is 444 Å². The van der Waals surface area contributed by atoms with E-state index in [1.54, 1.807) is 0 Å². The van der Waals surface area contributed by atoms with Crippen LogP contribution in [0.15, 0.2) is 0 Å². The van der Waals surface area contributed by atoms with Gasteiger partial charge in [0.2, 0.25) is 5.91 Å². The summed E-state index contributed by atoms with van der Waals surface area (Å²) in [7, 11) is 0. The van der Waals surface area contributed by atoms with Gasteiger partial charge in [-0.25, -0.2) is 0 Å². The van der Waals surface area contributed by atoms with Gasteiger partial charge >= 0.3 is 5.97 Å². The number of hydrogen-bond acceptors (Lipinski definition) is 5. The number of carbonyl (C=O) groups excluding carboxylic acids is 2. The molecule has 0 aliphatic carbocycles. The van der Waals surface area contributed by atoms with Crippen molar-refractivity contribution in [3.05, 3.63) is 0 Å². The van der Waals surface area contributed by atoms with Gasteiger partial charge in [-0.1, -0.05) is 406 Å². The molecule has 0 aromatic rings. The molecule has 3 N–H and O–H groups in total. The second kappa shape index (κ2) is 71.3. The van der Waals surface area contributed by atoms with E-state index in [9.17, 15) is 19.8 Å². The molecule has 81 heavy (non-hydrogen) atoms. The van der Waals surface area contributed by atoms with Crippen LogP contribution in [0.3, 0.4) is 0 Å². The van der Waals surface area contributed by atoms with E-state index in [0.29, 0.717) is 25.9 Å². The van der Waals surface area contributed by atoms with Gasteiger partial charge in [0.15, 0.2) is 0 Å². The number of aliphatic hydroxyl groups excluding tert-OH is 2. The van der Waals surface area contributed by atoms with Crippen LogP contribution in [0.25, 0.3) is 0 Å². The molecule has 0 aromatic heterocycles. The highest BCUT2D eigenvalue weighted by Crippen LogP contribution is 2.20. The number of esters is 1. The maximum Gasteiger partial charge on any atom is 0.305 e. The summed E-state index contributed by atoms with van der Waals surface area (Å²) < 4.78 is 5.49. The predicted molar refractivity (Wildman–Crippen MR) is 357 cm³/mol. The second-order valence-corrected chi connectivity index (χ2v) is 26.4. The van der Waals surface area contributed by atoms with Crippen molar-refractivity contribution in [2.45, 2.75) is 456 Å². The van der Waals surface area contributed by atoms with Crippen molar-refractivity contribution in [3.63, 3.8) is 0 Å². The van der Waals surface area contributed by atoms with Crippen molar-refractivity contribution in [2.75, 3.05) is 13.2 Å². The lowest BCUT2D eigenvalue weighted by molar-refractivity contribution is -0.143. The molecular weight excluding hydrogens is 995 g/mol. The van der Waals surface area contributed by atoms with Gasteiger partial charge < -0.3 is 20.3 Å². The van der Waals surface area contributed by atoms with Crippen molar-refractivity contribution >= 4 is 11.9 Å². The summed E-state index contributed by atoms with van der Waals surface area (Å²) >= 11 is 0. The first kappa shape index (κ1) is 79.9. The summed E-state index contributed by atoms with van der Waals surface area (Å²) in [4.78, 5) is 24.6. The summed E-state index contributed by atoms with van der Waals surface area (Å²) in [6.07, 6.45) is 87.6. The second-order valence-electron chi connectivity index (χ2n) is 26.4. The molecule has 0 aliphatic heterocycles. The van der Waals surface area contributed by atoms with Crippen LogP contribution >= 0.6 is 0 Å². The molecule has 0 fully saturated rings. The van der Waals surface area contributed by atoms with Crippen LogP contribution in [0.5, 0.6) is 0 Å². The van der Waals surface area contributed by atoms with Crippen LogP contribution < -0.4 is 5.32 Å². The van der Waals surface area contributed by atoms with E-state index in [0.717, 1.165) is 38.5 Å². The normalized spacial score (nSPS) is 12.4. The molecule has 6 heteroatoms. The summed E-state index contributed by atoms with van der Waals surface area (Å²) in [6, 6.07) is -0.535. The Hall–Kier alpha value is -1.14. The Kier molecular flexibility index (Phi) is 70.3. The van der Waals surface area contributed by atoms with Gasteiger partial charge in [0.1, 0.15) is 0 Å². The molecule has 0 heterocycles. The summed E-state index contributed by atoms with van der Waals surface area (Å²) in [5.74, 6) is 0.0000130. The molecule has 0 rings (SSSR count). The topological polar surface area (TPSA) is 95.9 Å². The smallest absolute Gasteiger partial charge is 0.305 e. The van der Waals surface area contributed by atoms with E-state index in [4.69, 9.17) is 4.74 Å². The minimum absolute atomic E-state index is 0.0252. The zero-order valence-corrected chi connectivity index (χ0v) is 55.6. The molecule has 0 spiro atoms. The van der Waals surface area contributed by atoms with Gasteiger partial charge in [-0.05, 0) is 25.7 Å². The SMILES string of the molecule is CCCCCCCCCCCCCCCCCC(O)C(CO)NC(=O)CCCCCCCCCCCCCCCCCCCCCCCCCCCCCCCCCCCCCCCOC(=O)CCCCCCCCCCCCCC. The van der Waals surface area contributed by atoms with Crippen molar-refractivity contribution in [1.82, 2.24) is 5.32 Å². The fourth-order valence-electron chi connectivity index (χ4n) is 12.4. The number of aliphatic hydroxyl groups is 2. The van der Waals surface area contributed by atoms with Gasteiger partial charge in [-0.15, -0.1) is 0 Å². The van der Waals surface area contributed by atoms with E-state index in [-0.39, 0.29) is 18.5 Å². The Morgan fingerprint density at radius 3 is 0.753 bits per heavy atom. The Morgan fingerprint density at radius 1 is 0.296 bits per heavy atom. The molecule has 0 radical (unpaired) electrons. The van der Waals surface area contributed by atoms with Crippen LogP contribution in [0, 0.1) is 0 Å². The number of nitrogens with one attached hydrogen (secondary N) is 1. The highest BCUT2D eigenvalue weighted by atomic mass is 16.5. The minimum Gasteiger partial charge on any atom is -0.466 e. The number of hydrogen-bond donors (Lipinski definition) is 3. The lowest BCUT2D eigenvalue weighted by atomic mass is 10.0. The van der Waals surface area contributed by atoms with Crippen LogP contribution in [-0.4, -0.2) is 47.4 Å². The monoisotopic (exact) mass is 1140 g/mol. The molecule has 0 aliphatic rings. The fourth-order valence-corrected chi connectivity index (χ4v) is 12.4. The summed E-state index contributed by atoms with van der Waals surface area (Å²) in [5.41, 5.74) is 0. The highest BCUT2D eigenvalue weighted by Gasteiger charge is 2.20. The van der Waals surface area contributed by atoms with Crippen LogP contribution in [0.4, 0.5) is 0 Å². The fraction of sp³-hybridized carbons (Fsp3) is 0.973. The zero-order chi connectivity index (χ0) is 58.5. The first-order chi connectivity index (χ1) is 40.0. The number of unbranched alkanes of at least 4 members (excludes halogenated alkanes) is 61. The largest absolute Gasteiger partial charge is 0.466 e. The summed E-state index contributed by atoms with van der Waals surface area (Å²) in [5, 5.41) is 23.4. The first-order valence-electron chi connectivity index (χ1n) is 37.8. The van der Waals surface area contributed by atoms with E-state index < -0.39 is 12.1 Å². The summed E-state index contributed by atoms with van der Waals surface area (Å²) in [6.45, 7) is 5.00. The molecular formula is C75H149NO5. The van der Waals surface area contributed by atoms with E-state index in [2.05, 4.69) is 19.2 Å². The molecule has 6 nitrogen and oxygen atoms in total. The van der Waals surface area contributed by atoms with E-state index in [1.807, 2.05) is 0 Å².